The van der Waals surface area contributed by atoms with Gasteiger partial charge in [0.25, 0.3) is 0 Å². The van der Waals surface area contributed by atoms with Crippen LogP contribution in [0.5, 0.6) is 0 Å². The third-order valence-electron chi connectivity index (χ3n) is 5.54. The molecule has 0 saturated carbocycles. The van der Waals surface area contributed by atoms with Crippen LogP contribution in [0.25, 0.3) is 0 Å². The van der Waals surface area contributed by atoms with Gasteiger partial charge in [0.2, 0.25) is 11.8 Å². The molecule has 2 N–H and O–H groups in total. The van der Waals surface area contributed by atoms with Crippen LogP contribution in [0.1, 0.15) is 77.1 Å². The molecule has 2 atom stereocenters. The molecule has 7 nitrogen and oxygen atoms in total. The Morgan fingerprint density at radius 2 is 1.82 bits per heavy atom. The Labute approximate surface area is 205 Å². The molecule has 34 heavy (non-hydrogen) atoms. The summed E-state index contributed by atoms with van der Waals surface area (Å²) in [5.41, 5.74) is 2.03. The molecular weight excluding hydrogens is 430 g/mol. The molecule has 0 saturated heterocycles. The number of rotatable bonds is 11. The van der Waals surface area contributed by atoms with Crippen molar-refractivity contribution in [2.24, 2.45) is 5.92 Å². The highest BCUT2D eigenvalue weighted by atomic mass is 16.6. The van der Waals surface area contributed by atoms with E-state index in [2.05, 4.69) is 24.1 Å². The molecule has 1 rings (SSSR count). The molecule has 0 spiro atoms. The first-order valence-electron chi connectivity index (χ1n) is 12.1. The summed E-state index contributed by atoms with van der Waals surface area (Å²) in [6, 6.07) is 4.02. The molecule has 190 valence electrons. The summed E-state index contributed by atoms with van der Waals surface area (Å²) < 4.78 is 5.38. The number of ether oxygens (including phenoxy) is 1. The van der Waals surface area contributed by atoms with Crippen LogP contribution in [0.2, 0.25) is 0 Å². The minimum atomic E-state index is -0.870. The summed E-state index contributed by atoms with van der Waals surface area (Å²) in [6.45, 7) is 19.5. The molecule has 0 fully saturated rings. The minimum absolute atomic E-state index is 0.150. The standard InChI is InChI=1S/C27H43N3O4/c1-10-12-16-28-24(31)23(21-15-13-14-19(5)20(21)6)30(17-11-2)25(32)22(18(3)4)29-26(33)34-27(7,8)9/h11,13-15,18,22-23H,2,10,12,16-17H2,1,3-9H3,(H,28,31)(H,29,33). The third-order valence-corrected chi connectivity index (χ3v) is 5.54. The van der Waals surface area contributed by atoms with Crippen molar-refractivity contribution in [1.29, 1.82) is 0 Å². The molecule has 2 unspecified atom stereocenters. The van der Waals surface area contributed by atoms with Crippen LogP contribution in [0.3, 0.4) is 0 Å². The first-order chi connectivity index (χ1) is 15.8. The Balaban J connectivity index is 3.45. The Hall–Kier alpha value is -2.83. The lowest BCUT2D eigenvalue weighted by molar-refractivity contribution is -0.142. The highest BCUT2D eigenvalue weighted by molar-refractivity contribution is 5.92. The number of nitrogens with zero attached hydrogens (tertiary/aromatic N) is 1. The van der Waals surface area contributed by atoms with Crippen LogP contribution in [0.15, 0.2) is 30.9 Å². The first kappa shape index (κ1) is 29.2. The zero-order valence-electron chi connectivity index (χ0n) is 22.2. The lowest BCUT2D eigenvalue weighted by Gasteiger charge is -2.35. The average molecular weight is 474 g/mol. The Bertz CT molecular complexity index is 858. The van der Waals surface area contributed by atoms with Crippen molar-refractivity contribution in [3.63, 3.8) is 0 Å². The van der Waals surface area contributed by atoms with Crippen molar-refractivity contribution in [1.82, 2.24) is 15.5 Å². The van der Waals surface area contributed by atoms with Gasteiger partial charge in [-0.15, -0.1) is 6.58 Å². The number of carbonyl (C=O) groups excluding carboxylic acids is 3. The number of carbonyl (C=O) groups is 3. The van der Waals surface area contributed by atoms with Gasteiger partial charge in [0.05, 0.1) is 0 Å². The van der Waals surface area contributed by atoms with Crippen molar-refractivity contribution in [2.45, 2.75) is 85.9 Å². The number of hydrogen-bond donors (Lipinski definition) is 2. The van der Waals surface area contributed by atoms with E-state index < -0.39 is 23.8 Å². The highest BCUT2D eigenvalue weighted by Crippen LogP contribution is 2.28. The van der Waals surface area contributed by atoms with E-state index in [9.17, 15) is 14.4 Å². The van der Waals surface area contributed by atoms with Crippen molar-refractivity contribution >= 4 is 17.9 Å². The maximum Gasteiger partial charge on any atom is 0.408 e. The fourth-order valence-electron chi connectivity index (χ4n) is 3.59. The Morgan fingerprint density at radius 3 is 2.35 bits per heavy atom. The molecule has 1 aromatic rings. The van der Waals surface area contributed by atoms with Gasteiger partial charge >= 0.3 is 6.09 Å². The lowest BCUT2D eigenvalue weighted by Crippen LogP contribution is -2.55. The van der Waals surface area contributed by atoms with Crippen molar-refractivity contribution in [2.75, 3.05) is 13.1 Å². The molecule has 0 aromatic heterocycles. The quantitative estimate of drug-likeness (QED) is 0.356. The van der Waals surface area contributed by atoms with Crippen molar-refractivity contribution in [3.05, 3.63) is 47.5 Å². The fourth-order valence-corrected chi connectivity index (χ4v) is 3.59. The zero-order chi connectivity index (χ0) is 26.1. The number of hydrogen-bond acceptors (Lipinski definition) is 4. The van der Waals surface area contributed by atoms with Crippen molar-refractivity contribution < 1.29 is 19.1 Å². The van der Waals surface area contributed by atoms with Crippen molar-refractivity contribution in [3.8, 4) is 0 Å². The molecular formula is C27H43N3O4. The van der Waals surface area contributed by atoms with Crippen LogP contribution >= 0.6 is 0 Å². The summed E-state index contributed by atoms with van der Waals surface area (Å²) in [5, 5.41) is 5.70. The van der Waals surface area contributed by atoms with E-state index in [1.165, 1.54) is 4.90 Å². The second-order valence-corrected chi connectivity index (χ2v) is 9.98. The van der Waals surface area contributed by atoms with E-state index in [1.54, 1.807) is 26.8 Å². The van der Waals surface area contributed by atoms with Gasteiger partial charge in [0.1, 0.15) is 17.7 Å². The molecule has 3 amide bonds. The monoisotopic (exact) mass is 473 g/mol. The number of benzene rings is 1. The number of aryl methyl sites for hydroxylation is 1. The van der Waals surface area contributed by atoms with Gasteiger partial charge in [-0.3, -0.25) is 9.59 Å². The number of nitrogens with one attached hydrogen (secondary N) is 2. The summed E-state index contributed by atoms with van der Waals surface area (Å²) in [4.78, 5) is 41.3. The third kappa shape index (κ3) is 8.50. The number of alkyl carbamates (subject to hydrolysis) is 1. The number of unbranched alkanes of at least 4 members (excludes halogenated alkanes) is 1. The van der Waals surface area contributed by atoms with E-state index in [4.69, 9.17) is 4.74 Å². The topological polar surface area (TPSA) is 87.7 Å². The normalized spacial score (nSPS) is 13.1. The maximum absolute atomic E-state index is 13.8. The van der Waals surface area contributed by atoms with Gasteiger partial charge in [-0.05, 0) is 63.6 Å². The smallest absolute Gasteiger partial charge is 0.408 e. The lowest BCUT2D eigenvalue weighted by atomic mass is 9.94. The van der Waals surface area contributed by atoms with Gasteiger partial charge in [0, 0.05) is 13.1 Å². The summed E-state index contributed by atoms with van der Waals surface area (Å²) >= 11 is 0. The Kier molecular flexibility index (Phi) is 11.3. The summed E-state index contributed by atoms with van der Waals surface area (Å²) in [5.74, 6) is -0.843. The van der Waals surface area contributed by atoms with E-state index in [0.29, 0.717) is 6.54 Å². The second-order valence-electron chi connectivity index (χ2n) is 9.98. The molecule has 1 aromatic carbocycles. The predicted molar refractivity (Wildman–Crippen MR) is 136 cm³/mol. The zero-order valence-corrected chi connectivity index (χ0v) is 22.2. The van der Waals surface area contributed by atoms with Gasteiger partial charge < -0.3 is 20.3 Å². The van der Waals surface area contributed by atoms with Gasteiger partial charge in [-0.25, -0.2) is 4.79 Å². The van der Waals surface area contributed by atoms with E-state index in [-0.39, 0.29) is 24.3 Å². The highest BCUT2D eigenvalue weighted by Gasteiger charge is 2.37. The SMILES string of the molecule is C=CCN(C(=O)C(NC(=O)OC(C)(C)C)C(C)C)C(C(=O)NCCCC)c1cccc(C)c1C. The van der Waals surface area contributed by atoms with E-state index in [0.717, 1.165) is 29.5 Å². The summed E-state index contributed by atoms with van der Waals surface area (Å²) in [7, 11) is 0. The predicted octanol–water partition coefficient (Wildman–Crippen LogP) is 4.82. The first-order valence-corrected chi connectivity index (χ1v) is 12.1. The van der Waals surface area contributed by atoms with E-state index >= 15 is 0 Å². The molecule has 0 aliphatic rings. The maximum atomic E-state index is 13.8. The van der Waals surface area contributed by atoms with Crippen LogP contribution < -0.4 is 10.6 Å². The minimum Gasteiger partial charge on any atom is -0.444 e. The molecule has 0 heterocycles. The largest absolute Gasteiger partial charge is 0.444 e. The van der Waals surface area contributed by atoms with Gasteiger partial charge in [-0.1, -0.05) is 51.5 Å². The van der Waals surface area contributed by atoms with E-state index in [1.807, 2.05) is 45.9 Å². The molecule has 0 aliphatic heterocycles. The summed E-state index contributed by atoms with van der Waals surface area (Å²) in [6.07, 6.45) is 2.71. The molecule has 7 heteroatoms. The average Bonchev–Trinajstić information content (AvgIpc) is 2.72. The van der Waals surface area contributed by atoms with Gasteiger partial charge in [0.15, 0.2) is 0 Å². The second kappa shape index (κ2) is 13.2. The van der Waals surface area contributed by atoms with Crippen LogP contribution in [0, 0.1) is 19.8 Å². The molecule has 0 bridgehead atoms. The molecule has 0 radical (unpaired) electrons. The van der Waals surface area contributed by atoms with Crippen LogP contribution in [0.4, 0.5) is 4.79 Å². The number of amides is 3. The van der Waals surface area contributed by atoms with Crippen LogP contribution in [-0.4, -0.2) is 47.5 Å². The molecule has 0 aliphatic carbocycles. The Morgan fingerprint density at radius 1 is 1.18 bits per heavy atom. The van der Waals surface area contributed by atoms with Gasteiger partial charge in [-0.2, -0.15) is 0 Å². The fraction of sp³-hybridized carbons (Fsp3) is 0.593. The van der Waals surface area contributed by atoms with Crippen LogP contribution in [-0.2, 0) is 14.3 Å².